The molecule has 0 radical (unpaired) electrons. The summed E-state index contributed by atoms with van der Waals surface area (Å²) in [6.07, 6.45) is 1.07. The van der Waals surface area contributed by atoms with Crippen LogP contribution in [0.3, 0.4) is 0 Å². The molecule has 3 heterocycles. The third-order valence-electron chi connectivity index (χ3n) is 7.13. The molecule has 0 saturated carbocycles. The number of aryl methyl sites for hydroxylation is 1. The molecule has 2 aliphatic heterocycles. The Balaban J connectivity index is 1.32. The summed E-state index contributed by atoms with van der Waals surface area (Å²) in [5, 5.41) is 3.72. The van der Waals surface area contributed by atoms with Gasteiger partial charge in [-0.25, -0.2) is 4.98 Å². The Kier molecular flexibility index (Phi) is 6.78. The molecule has 184 valence electrons. The van der Waals surface area contributed by atoms with Crippen LogP contribution in [0.2, 0.25) is 0 Å². The molecule has 0 amide bonds. The van der Waals surface area contributed by atoms with Gasteiger partial charge < -0.3 is 20.9 Å². The lowest BCUT2D eigenvalue weighted by Crippen LogP contribution is -2.32. The number of nitrogens with one attached hydrogen (secondary N) is 1. The van der Waals surface area contributed by atoms with Crippen LogP contribution >= 0.6 is 11.8 Å². The van der Waals surface area contributed by atoms with Gasteiger partial charge in [0.25, 0.3) is 0 Å². The van der Waals surface area contributed by atoms with E-state index in [0.717, 1.165) is 68.1 Å². The van der Waals surface area contributed by atoms with Crippen molar-refractivity contribution in [1.82, 2.24) is 9.97 Å². The van der Waals surface area contributed by atoms with Gasteiger partial charge in [0.2, 0.25) is 5.95 Å². The molecule has 0 spiro atoms. The van der Waals surface area contributed by atoms with Crippen molar-refractivity contribution in [1.29, 1.82) is 0 Å². The van der Waals surface area contributed by atoms with Gasteiger partial charge in [0.15, 0.2) is 0 Å². The Morgan fingerprint density at radius 2 is 1.63 bits per heavy atom. The van der Waals surface area contributed by atoms with Crippen molar-refractivity contribution in [3.63, 3.8) is 0 Å². The van der Waals surface area contributed by atoms with E-state index < -0.39 is 0 Å². The highest BCUT2D eigenvalue weighted by atomic mass is 32.2. The summed E-state index contributed by atoms with van der Waals surface area (Å²) in [7, 11) is 0. The van der Waals surface area contributed by atoms with E-state index in [1.807, 2.05) is 23.9 Å². The topological polar surface area (TPSA) is 70.3 Å². The summed E-state index contributed by atoms with van der Waals surface area (Å²) in [6, 6.07) is 17.1. The zero-order chi connectivity index (χ0) is 24.4. The minimum absolute atomic E-state index is 0.000370. The van der Waals surface area contributed by atoms with Gasteiger partial charge in [0.1, 0.15) is 5.82 Å². The molecule has 2 aliphatic rings. The highest BCUT2D eigenvalue weighted by Crippen LogP contribution is 2.35. The van der Waals surface area contributed by atoms with Gasteiger partial charge in [-0.1, -0.05) is 43.7 Å². The second-order valence-corrected chi connectivity index (χ2v) is 11.3. The minimum Gasteiger partial charge on any atom is -0.399 e. The first-order valence-electron chi connectivity index (χ1n) is 12.5. The smallest absolute Gasteiger partial charge is 0.227 e. The lowest BCUT2D eigenvalue weighted by atomic mass is 9.84. The van der Waals surface area contributed by atoms with Crippen LogP contribution in [0.4, 0.5) is 23.1 Å². The van der Waals surface area contributed by atoms with Crippen LogP contribution in [0.1, 0.15) is 42.7 Å². The van der Waals surface area contributed by atoms with Crippen LogP contribution in [0.25, 0.3) is 0 Å². The van der Waals surface area contributed by atoms with E-state index in [9.17, 15) is 0 Å². The number of thioether (sulfide) groups is 1. The summed E-state index contributed by atoms with van der Waals surface area (Å²) in [5.74, 6) is 3.82. The van der Waals surface area contributed by atoms with Crippen LogP contribution in [0, 0.1) is 6.92 Å². The van der Waals surface area contributed by atoms with Crippen molar-refractivity contribution < 1.29 is 0 Å². The van der Waals surface area contributed by atoms with Gasteiger partial charge in [-0.2, -0.15) is 16.7 Å². The van der Waals surface area contributed by atoms with Crippen LogP contribution in [0.5, 0.6) is 0 Å². The molecule has 5 rings (SSSR count). The van der Waals surface area contributed by atoms with Crippen LogP contribution < -0.4 is 20.9 Å². The summed E-state index contributed by atoms with van der Waals surface area (Å²) in [5.41, 5.74) is 13.0. The van der Waals surface area contributed by atoms with Crippen molar-refractivity contribution in [2.45, 2.75) is 44.1 Å². The fourth-order valence-electron chi connectivity index (χ4n) is 4.80. The SMILES string of the molecule is Cc1ccc(C(C)(C)CNc2nc(N3CCCN(c4ccc(N)cc4)CC3)nc3c2CSC3)cc1. The maximum Gasteiger partial charge on any atom is 0.227 e. The lowest BCUT2D eigenvalue weighted by molar-refractivity contribution is 0.555. The van der Waals surface area contributed by atoms with Gasteiger partial charge in [-0.15, -0.1) is 0 Å². The van der Waals surface area contributed by atoms with Crippen LogP contribution in [-0.2, 0) is 16.9 Å². The van der Waals surface area contributed by atoms with Crippen molar-refractivity contribution >= 4 is 34.9 Å². The van der Waals surface area contributed by atoms with E-state index in [-0.39, 0.29) is 5.41 Å². The molecule has 0 aliphatic carbocycles. The maximum atomic E-state index is 5.88. The summed E-state index contributed by atoms with van der Waals surface area (Å²) in [6.45, 7) is 11.4. The molecule has 7 heteroatoms. The number of nitrogens with zero attached hydrogens (tertiary/aromatic N) is 4. The molecule has 0 unspecified atom stereocenters. The Morgan fingerprint density at radius 3 is 2.40 bits per heavy atom. The van der Waals surface area contributed by atoms with Crippen molar-refractivity contribution in [2.75, 3.05) is 53.6 Å². The fourth-order valence-corrected chi connectivity index (χ4v) is 5.84. The lowest BCUT2D eigenvalue weighted by Gasteiger charge is -2.27. The summed E-state index contributed by atoms with van der Waals surface area (Å²) in [4.78, 5) is 14.9. The number of benzene rings is 2. The molecule has 0 bridgehead atoms. The summed E-state index contributed by atoms with van der Waals surface area (Å²) >= 11 is 1.93. The van der Waals surface area contributed by atoms with Crippen molar-refractivity contribution in [3.05, 3.63) is 70.9 Å². The fraction of sp³-hybridized carbons (Fsp3) is 0.429. The molecule has 35 heavy (non-hydrogen) atoms. The van der Waals surface area contributed by atoms with E-state index in [1.165, 1.54) is 28.1 Å². The van der Waals surface area contributed by atoms with Crippen LogP contribution in [0.15, 0.2) is 48.5 Å². The molecule has 1 fully saturated rings. The molecule has 3 N–H and O–H groups in total. The predicted octanol–water partition coefficient (Wildman–Crippen LogP) is 5.22. The van der Waals surface area contributed by atoms with Gasteiger partial charge in [-0.05, 0) is 43.2 Å². The largest absolute Gasteiger partial charge is 0.399 e. The highest BCUT2D eigenvalue weighted by molar-refractivity contribution is 7.98. The van der Waals surface area contributed by atoms with Gasteiger partial charge in [-0.3, -0.25) is 0 Å². The third-order valence-corrected chi connectivity index (χ3v) is 8.10. The highest BCUT2D eigenvalue weighted by Gasteiger charge is 2.26. The monoisotopic (exact) mass is 488 g/mol. The number of hydrogen-bond acceptors (Lipinski definition) is 7. The molecule has 1 saturated heterocycles. The Morgan fingerprint density at radius 1 is 0.914 bits per heavy atom. The molecule has 1 aromatic heterocycles. The Bertz CT molecular complexity index is 1160. The van der Waals surface area contributed by atoms with Crippen LogP contribution in [-0.4, -0.2) is 42.7 Å². The van der Waals surface area contributed by atoms with E-state index in [0.29, 0.717) is 0 Å². The Labute approximate surface area is 213 Å². The normalized spacial score (nSPS) is 16.2. The number of nitrogens with two attached hydrogens (primary N) is 1. The second-order valence-electron chi connectivity index (χ2n) is 10.3. The number of anilines is 4. The molecule has 0 atom stereocenters. The third kappa shape index (κ3) is 5.35. The zero-order valence-corrected chi connectivity index (χ0v) is 21.9. The Hall–Kier alpha value is -2.93. The molecular formula is C28H36N6S. The average molecular weight is 489 g/mol. The molecule has 2 aromatic carbocycles. The van der Waals surface area contributed by atoms with Gasteiger partial charge in [0.05, 0.1) is 5.69 Å². The first-order chi connectivity index (χ1) is 16.9. The number of hydrogen-bond donors (Lipinski definition) is 2. The predicted molar refractivity (Wildman–Crippen MR) is 150 cm³/mol. The number of nitrogen functional groups attached to an aromatic ring is 1. The molecule has 3 aromatic rings. The van der Waals surface area contributed by atoms with E-state index in [1.54, 1.807) is 0 Å². The van der Waals surface area contributed by atoms with E-state index >= 15 is 0 Å². The summed E-state index contributed by atoms with van der Waals surface area (Å²) < 4.78 is 0. The minimum atomic E-state index is -0.000370. The molecule has 6 nitrogen and oxygen atoms in total. The van der Waals surface area contributed by atoms with Gasteiger partial charge in [0, 0.05) is 66.6 Å². The van der Waals surface area contributed by atoms with Crippen molar-refractivity contribution in [3.8, 4) is 0 Å². The van der Waals surface area contributed by atoms with E-state index in [4.69, 9.17) is 15.7 Å². The number of rotatable bonds is 6. The number of fused-ring (bicyclic) bond motifs is 1. The number of aromatic nitrogens is 2. The zero-order valence-electron chi connectivity index (χ0n) is 21.1. The second kappa shape index (κ2) is 9.97. The average Bonchev–Trinajstić information content (AvgIpc) is 3.19. The quantitative estimate of drug-likeness (QED) is 0.461. The maximum absolute atomic E-state index is 5.88. The first-order valence-corrected chi connectivity index (χ1v) is 13.7. The van der Waals surface area contributed by atoms with Gasteiger partial charge >= 0.3 is 0 Å². The standard InChI is InChI=1S/C28H36N6S/c1-20-5-7-21(8-6-20)28(2,3)19-30-26-24-17-35-18-25(24)31-27(32-26)34-14-4-13-33(15-16-34)23-11-9-22(29)10-12-23/h5-12H,4,13-19,29H2,1-3H3,(H,30,31,32). The first kappa shape index (κ1) is 23.8. The van der Waals surface area contributed by atoms with E-state index in [2.05, 4.69) is 72.3 Å². The van der Waals surface area contributed by atoms with Crippen molar-refractivity contribution in [2.24, 2.45) is 0 Å². The molecular weight excluding hydrogens is 452 g/mol.